The molecule has 0 aliphatic heterocycles. The molecule has 0 unspecified atom stereocenters. The van der Waals surface area contributed by atoms with Crippen LogP contribution in [0.3, 0.4) is 0 Å². The summed E-state index contributed by atoms with van der Waals surface area (Å²) in [5.74, 6) is 0.527. The predicted octanol–water partition coefficient (Wildman–Crippen LogP) is -0.294. The lowest BCUT2D eigenvalue weighted by Crippen LogP contribution is -2.08. The van der Waals surface area contributed by atoms with Gasteiger partial charge in [-0.1, -0.05) is 0 Å². The molecule has 0 fully saturated rings. The normalized spacial score (nSPS) is 12.5. The van der Waals surface area contributed by atoms with Crippen LogP contribution in [0.5, 0.6) is 0 Å². The Labute approximate surface area is 49.3 Å². The quantitative estimate of drug-likeness (QED) is 0.382. The zero-order chi connectivity index (χ0) is 6.41. The summed E-state index contributed by atoms with van der Waals surface area (Å²) >= 11 is 0. The van der Waals surface area contributed by atoms with E-state index < -0.39 is 0 Å². The Morgan fingerprint density at radius 2 is 2.38 bits per heavy atom. The molecule has 0 spiro atoms. The van der Waals surface area contributed by atoms with Crippen LogP contribution >= 0.6 is 0 Å². The van der Waals surface area contributed by atoms with Crippen molar-refractivity contribution in [1.29, 1.82) is 0 Å². The minimum atomic E-state index is 0.527. The van der Waals surface area contributed by atoms with E-state index in [1.54, 1.807) is 26.4 Å². The Morgan fingerprint density at radius 3 is 2.75 bits per heavy atom. The zero-order valence-electron chi connectivity index (χ0n) is 5.18. The van der Waals surface area contributed by atoms with Crippen molar-refractivity contribution in [2.75, 3.05) is 14.1 Å². The van der Waals surface area contributed by atoms with Gasteiger partial charge in [0.2, 0.25) is 0 Å². The van der Waals surface area contributed by atoms with E-state index in [1.165, 1.54) is 0 Å². The van der Waals surface area contributed by atoms with Crippen LogP contribution in [0.4, 0.5) is 0 Å². The highest BCUT2D eigenvalue weighted by atomic mass is 14.8. The van der Waals surface area contributed by atoms with Gasteiger partial charge in [0.15, 0.2) is 0 Å². The van der Waals surface area contributed by atoms with E-state index in [2.05, 4.69) is 10.3 Å². The van der Waals surface area contributed by atoms with Crippen molar-refractivity contribution >= 4 is 5.84 Å². The van der Waals surface area contributed by atoms with Gasteiger partial charge in [-0.2, -0.15) is 0 Å². The van der Waals surface area contributed by atoms with Crippen LogP contribution in [0.1, 0.15) is 0 Å². The van der Waals surface area contributed by atoms with Gasteiger partial charge in [0, 0.05) is 14.1 Å². The first-order chi connectivity index (χ1) is 3.81. The highest BCUT2D eigenvalue weighted by Crippen LogP contribution is 1.66. The van der Waals surface area contributed by atoms with Gasteiger partial charge in [0.1, 0.15) is 5.84 Å². The summed E-state index contributed by atoms with van der Waals surface area (Å²) in [6.07, 6.45) is 3.42. The van der Waals surface area contributed by atoms with E-state index in [0.29, 0.717) is 5.84 Å². The van der Waals surface area contributed by atoms with Gasteiger partial charge in [-0.25, -0.2) is 0 Å². The minimum absolute atomic E-state index is 0.527. The molecule has 0 atom stereocenters. The summed E-state index contributed by atoms with van der Waals surface area (Å²) < 4.78 is 0. The fourth-order valence-electron chi connectivity index (χ4n) is 0.243. The average Bonchev–Trinajstić information content (AvgIpc) is 1.83. The van der Waals surface area contributed by atoms with Crippen LogP contribution in [0, 0.1) is 0 Å². The summed E-state index contributed by atoms with van der Waals surface area (Å²) in [4.78, 5) is 3.69. The number of aliphatic imine (C=N–C) groups is 1. The van der Waals surface area contributed by atoms with E-state index >= 15 is 0 Å². The van der Waals surface area contributed by atoms with Gasteiger partial charge >= 0.3 is 0 Å². The fourth-order valence-corrected chi connectivity index (χ4v) is 0.243. The van der Waals surface area contributed by atoms with Gasteiger partial charge in [0.25, 0.3) is 0 Å². The molecule has 0 amide bonds. The maximum Gasteiger partial charge on any atom is 0.119 e. The Kier molecular flexibility index (Phi) is 3.66. The third-order valence-corrected chi connectivity index (χ3v) is 0.679. The monoisotopic (exact) mass is 113 g/mol. The molecule has 0 radical (unpaired) electrons. The Bertz CT molecular complexity index is 104. The second-order valence-corrected chi connectivity index (χ2v) is 1.27. The van der Waals surface area contributed by atoms with E-state index in [4.69, 9.17) is 5.73 Å². The molecule has 0 saturated heterocycles. The molecule has 3 nitrogen and oxygen atoms in total. The Hall–Kier alpha value is -0.990. The van der Waals surface area contributed by atoms with Crippen LogP contribution in [0.15, 0.2) is 17.3 Å². The van der Waals surface area contributed by atoms with Gasteiger partial charge in [-0.3, -0.25) is 4.99 Å². The maximum atomic E-state index is 5.28. The van der Waals surface area contributed by atoms with E-state index in [-0.39, 0.29) is 0 Å². The molecule has 0 heterocycles. The van der Waals surface area contributed by atoms with E-state index in [9.17, 15) is 0 Å². The van der Waals surface area contributed by atoms with Crippen molar-refractivity contribution in [3.63, 3.8) is 0 Å². The largest absolute Gasteiger partial charge is 0.394 e. The summed E-state index contributed by atoms with van der Waals surface area (Å²) in [7, 11) is 3.45. The number of nitrogens with one attached hydrogen (secondary N) is 1. The van der Waals surface area contributed by atoms with Gasteiger partial charge in [-0.05, 0) is 12.3 Å². The third-order valence-electron chi connectivity index (χ3n) is 0.679. The first-order valence-electron chi connectivity index (χ1n) is 2.37. The number of nitrogens with zero attached hydrogens (tertiary/aromatic N) is 1. The van der Waals surface area contributed by atoms with Crippen LogP contribution < -0.4 is 11.1 Å². The molecular formula is C5H11N3. The van der Waals surface area contributed by atoms with Crippen molar-refractivity contribution in [3.8, 4) is 0 Å². The first kappa shape index (κ1) is 7.01. The van der Waals surface area contributed by atoms with Crippen molar-refractivity contribution in [2.24, 2.45) is 10.7 Å². The second kappa shape index (κ2) is 4.18. The van der Waals surface area contributed by atoms with Crippen LogP contribution in [-0.2, 0) is 0 Å². The number of nitrogens with two attached hydrogens (primary N) is 1. The van der Waals surface area contributed by atoms with Crippen molar-refractivity contribution < 1.29 is 0 Å². The lowest BCUT2D eigenvalue weighted by atomic mass is 10.6. The van der Waals surface area contributed by atoms with E-state index in [0.717, 1.165) is 0 Å². The molecule has 46 valence electrons. The average molecular weight is 113 g/mol. The number of amidine groups is 1. The first-order valence-corrected chi connectivity index (χ1v) is 2.37. The molecular weight excluding hydrogens is 102 g/mol. The molecule has 8 heavy (non-hydrogen) atoms. The molecule has 0 bridgehead atoms. The number of rotatable bonds is 2. The molecule has 3 heteroatoms. The zero-order valence-corrected chi connectivity index (χ0v) is 5.18. The third kappa shape index (κ3) is 3.21. The molecule has 0 aromatic heterocycles. The van der Waals surface area contributed by atoms with Crippen molar-refractivity contribution in [3.05, 3.63) is 12.3 Å². The molecule has 0 rings (SSSR count). The molecule has 3 N–H and O–H groups in total. The highest BCUT2D eigenvalue weighted by molar-refractivity contribution is 5.91. The second-order valence-electron chi connectivity index (χ2n) is 1.27. The minimum Gasteiger partial charge on any atom is -0.394 e. The molecule has 0 aromatic rings. The maximum absolute atomic E-state index is 5.28. The Balaban J connectivity index is 3.53. The summed E-state index contributed by atoms with van der Waals surface area (Å²) in [5, 5.41) is 2.79. The molecule has 0 aliphatic rings. The smallest absolute Gasteiger partial charge is 0.119 e. The standard InChI is InChI=1S/C5H11N3/c1-7-4-3-5(6)8-2/h3-4,7H,1-2H3,(H2,6,8)/b4-3-. The van der Waals surface area contributed by atoms with Gasteiger partial charge in [-0.15, -0.1) is 0 Å². The topological polar surface area (TPSA) is 50.4 Å². The predicted molar refractivity (Wildman–Crippen MR) is 35.7 cm³/mol. The van der Waals surface area contributed by atoms with Gasteiger partial charge < -0.3 is 11.1 Å². The summed E-state index contributed by atoms with van der Waals surface area (Å²) in [6, 6.07) is 0. The molecule has 0 aromatic carbocycles. The summed E-state index contributed by atoms with van der Waals surface area (Å²) in [6.45, 7) is 0. The van der Waals surface area contributed by atoms with Crippen LogP contribution in [0.2, 0.25) is 0 Å². The summed E-state index contributed by atoms with van der Waals surface area (Å²) in [5.41, 5.74) is 5.28. The number of hydrogen-bond acceptors (Lipinski definition) is 2. The SMILES string of the molecule is CN=C(N)/C=C\NC. The molecule has 0 saturated carbocycles. The number of hydrogen-bond donors (Lipinski definition) is 2. The lowest BCUT2D eigenvalue weighted by Gasteiger charge is -1.86. The Morgan fingerprint density at radius 1 is 1.75 bits per heavy atom. The lowest BCUT2D eigenvalue weighted by molar-refractivity contribution is 1.10. The highest BCUT2D eigenvalue weighted by Gasteiger charge is 1.73. The van der Waals surface area contributed by atoms with Crippen molar-refractivity contribution in [2.45, 2.75) is 0 Å². The van der Waals surface area contributed by atoms with Crippen LogP contribution in [0.25, 0.3) is 0 Å². The van der Waals surface area contributed by atoms with Crippen molar-refractivity contribution in [1.82, 2.24) is 5.32 Å². The fraction of sp³-hybridized carbons (Fsp3) is 0.400. The van der Waals surface area contributed by atoms with Crippen LogP contribution in [-0.4, -0.2) is 19.9 Å². The van der Waals surface area contributed by atoms with E-state index in [1.807, 2.05) is 0 Å². The molecule has 0 aliphatic carbocycles. The van der Waals surface area contributed by atoms with Gasteiger partial charge in [0.05, 0.1) is 0 Å².